The monoisotopic (exact) mass is 264 g/mol. The lowest BCUT2D eigenvalue weighted by Crippen LogP contribution is -1.89. The lowest BCUT2D eigenvalue weighted by Gasteiger charge is -2.08. The molecule has 5 nitrogen and oxygen atoms in total. The topological polar surface area (TPSA) is 63.7 Å². The zero-order valence-corrected chi connectivity index (χ0v) is 10.7. The fourth-order valence-electron chi connectivity index (χ4n) is 2.53. The molecule has 0 atom stereocenters. The molecule has 0 amide bonds. The summed E-state index contributed by atoms with van der Waals surface area (Å²) in [4.78, 5) is 0. The molecule has 0 unspecified atom stereocenters. The highest BCUT2D eigenvalue weighted by molar-refractivity contribution is 5.74. The third-order valence-electron chi connectivity index (χ3n) is 3.51. The van der Waals surface area contributed by atoms with Crippen molar-refractivity contribution in [1.29, 1.82) is 0 Å². The first-order valence-corrected chi connectivity index (χ1v) is 6.51. The Bertz CT molecular complexity index is 735. The molecule has 20 heavy (non-hydrogen) atoms. The molecule has 0 fully saturated rings. The van der Waals surface area contributed by atoms with Crippen LogP contribution in [0.5, 0.6) is 5.75 Å². The average molecular weight is 264 g/mol. The molecule has 1 aromatic heterocycles. The van der Waals surface area contributed by atoms with Gasteiger partial charge in [-0.15, -0.1) is 10.2 Å². The van der Waals surface area contributed by atoms with E-state index in [2.05, 4.69) is 51.0 Å². The maximum atomic E-state index is 5.75. The van der Waals surface area contributed by atoms with E-state index in [1.54, 1.807) is 0 Å². The number of rotatable bonds is 2. The van der Waals surface area contributed by atoms with Crippen LogP contribution in [0.1, 0.15) is 5.56 Å². The van der Waals surface area contributed by atoms with Crippen LogP contribution >= 0.6 is 0 Å². The second-order valence-electron chi connectivity index (χ2n) is 4.71. The number of fused-ring (bicyclic) bond motifs is 1. The molecule has 1 N–H and O–H groups in total. The van der Waals surface area contributed by atoms with Crippen LogP contribution < -0.4 is 4.74 Å². The van der Waals surface area contributed by atoms with E-state index in [0.29, 0.717) is 5.82 Å². The Balaban J connectivity index is 1.75. The Morgan fingerprint density at radius 1 is 1.00 bits per heavy atom. The minimum absolute atomic E-state index is 0.603. The summed E-state index contributed by atoms with van der Waals surface area (Å²) < 4.78 is 5.75. The fourth-order valence-corrected chi connectivity index (χ4v) is 2.53. The Labute approximate surface area is 115 Å². The first kappa shape index (κ1) is 11.2. The molecular formula is C15H12N4O. The number of para-hydroxylation sites is 1. The SMILES string of the molecule is c1cc2c(c(-c3ccc(-c4nn[nH]n4)cc3)c1)OCC2. The van der Waals surface area contributed by atoms with Gasteiger partial charge in [-0.1, -0.05) is 42.5 Å². The maximum absolute atomic E-state index is 5.75. The predicted octanol–water partition coefficient (Wildman–Crippen LogP) is 2.47. The number of benzene rings is 2. The van der Waals surface area contributed by atoms with E-state index in [9.17, 15) is 0 Å². The van der Waals surface area contributed by atoms with Gasteiger partial charge in [0.1, 0.15) is 5.75 Å². The van der Waals surface area contributed by atoms with Gasteiger partial charge in [-0.05, 0) is 16.3 Å². The van der Waals surface area contributed by atoms with Gasteiger partial charge in [0.25, 0.3) is 0 Å². The van der Waals surface area contributed by atoms with Crippen LogP contribution in [-0.2, 0) is 6.42 Å². The van der Waals surface area contributed by atoms with Gasteiger partial charge in [-0.25, -0.2) is 0 Å². The van der Waals surface area contributed by atoms with E-state index in [0.717, 1.165) is 35.5 Å². The van der Waals surface area contributed by atoms with Gasteiger partial charge < -0.3 is 4.74 Å². The van der Waals surface area contributed by atoms with Gasteiger partial charge in [-0.3, -0.25) is 0 Å². The molecule has 4 rings (SSSR count). The second kappa shape index (κ2) is 4.45. The molecule has 2 heterocycles. The first-order chi connectivity index (χ1) is 9.92. The Morgan fingerprint density at radius 2 is 1.85 bits per heavy atom. The fraction of sp³-hybridized carbons (Fsp3) is 0.133. The predicted molar refractivity (Wildman–Crippen MR) is 74.2 cm³/mol. The van der Waals surface area contributed by atoms with E-state index in [1.807, 2.05) is 12.1 Å². The third-order valence-corrected chi connectivity index (χ3v) is 3.51. The molecule has 0 aliphatic carbocycles. The van der Waals surface area contributed by atoms with Crippen LogP contribution in [0.3, 0.4) is 0 Å². The minimum atomic E-state index is 0.603. The molecule has 0 bridgehead atoms. The molecule has 1 aliphatic heterocycles. The minimum Gasteiger partial charge on any atom is -0.492 e. The van der Waals surface area contributed by atoms with Crippen LogP contribution in [0.2, 0.25) is 0 Å². The van der Waals surface area contributed by atoms with Gasteiger partial charge >= 0.3 is 0 Å². The third kappa shape index (κ3) is 1.75. The number of ether oxygens (including phenoxy) is 1. The van der Waals surface area contributed by atoms with Crippen molar-refractivity contribution in [2.45, 2.75) is 6.42 Å². The summed E-state index contributed by atoms with van der Waals surface area (Å²) in [6.07, 6.45) is 0.990. The number of tetrazole rings is 1. The van der Waals surface area contributed by atoms with Crippen molar-refractivity contribution in [2.24, 2.45) is 0 Å². The summed E-state index contributed by atoms with van der Waals surface area (Å²) in [5.74, 6) is 1.62. The molecule has 0 saturated carbocycles. The molecule has 0 radical (unpaired) electrons. The number of aromatic nitrogens is 4. The number of aromatic amines is 1. The molecule has 5 heteroatoms. The van der Waals surface area contributed by atoms with E-state index < -0.39 is 0 Å². The van der Waals surface area contributed by atoms with Crippen molar-refractivity contribution in [1.82, 2.24) is 20.6 Å². The van der Waals surface area contributed by atoms with Crippen molar-refractivity contribution >= 4 is 0 Å². The Kier molecular flexibility index (Phi) is 2.48. The summed E-state index contributed by atoms with van der Waals surface area (Å²) in [6, 6.07) is 14.4. The average Bonchev–Trinajstić information content (AvgIpc) is 3.18. The first-order valence-electron chi connectivity index (χ1n) is 6.51. The van der Waals surface area contributed by atoms with Crippen LogP contribution in [0, 0.1) is 0 Å². The Morgan fingerprint density at radius 3 is 2.65 bits per heavy atom. The van der Waals surface area contributed by atoms with Gasteiger partial charge in [0.2, 0.25) is 5.82 Å². The zero-order chi connectivity index (χ0) is 13.4. The summed E-state index contributed by atoms with van der Waals surface area (Å²) in [6.45, 7) is 0.771. The number of hydrogen-bond donors (Lipinski definition) is 1. The van der Waals surface area contributed by atoms with Crippen LogP contribution in [0.25, 0.3) is 22.5 Å². The van der Waals surface area contributed by atoms with E-state index in [4.69, 9.17) is 4.74 Å². The zero-order valence-electron chi connectivity index (χ0n) is 10.7. The van der Waals surface area contributed by atoms with Crippen molar-refractivity contribution in [2.75, 3.05) is 6.61 Å². The highest BCUT2D eigenvalue weighted by atomic mass is 16.5. The lowest BCUT2D eigenvalue weighted by atomic mass is 10.00. The normalized spacial score (nSPS) is 13.0. The molecule has 0 spiro atoms. The highest BCUT2D eigenvalue weighted by Gasteiger charge is 2.16. The number of nitrogens with zero attached hydrogens (tertiary/aromatic N) is 3. The van der Waals surface area contributed by atoms with Crippen LogP contribution in [-0.4, -0.2) is 27.2 Å². The largest absolute Gasteiger partial charge is 0.492 e. The van der Waals surface area contributed by atoms with Crippen molar-refractivity contribution in [3.8, 4) is 28.3 Å². The summed E-state index contributed by atoms with van der Waals surface area (Å²) in [5, 5.41) is 14.0. The van der Waals surface area contributed by atoms with Gasteiger partial charge in [-0.2, -0.15) is 5.21 Å². The van der Waals surface area contributed by atoms with Crippen LogP contribution in [0.4, 0.5) is 0 Å². The van der Waals surface area contributed by atoms with E-state index in [-0.39, 0.29) is 0 Å². The molecule has 0 saturated heterocycles. The van der Waals surface area contributed by atoms with Gasteiger partial charge in [0.15, 0.2) is 0 Å². The summed E-state index contributed by atoms with van der Waals surface area (Å²) in [7, 11) is 0. The molecule has 3 aromatic rings. The second-order valence-corrected chi connectivity index (χ2v) is 4.71. The van der Waals surface area contributed by atoms with Crippen molar-refractivity contribution in [3.05, 3.63) is 48.0 Å². The number of nitrogens with one attached hydrogen (secondary N) is 1. The quantitative estimate of drug-likeness (QED) is 0.772. The lowest BCUT2D eigenvalue weighted by molar-refractivity contribution is 0.358. The standard InChI is InChI=1S/C15H12N4O/c1-2-11-8-9-20-14(11)13(3-1)10-4-6-12(7-5-10)15-16-18-19-17-15/h1-7H,8-9H2,(H,16,17,18,19). The maximum Gasteiger partial charge on any atom is 0.204 e. The van der Waals surface area contributed by atoms with Gasteiger partial charge in [0, 0.05) is 17.5 Å². The van der Waals surface area contributed by atoms with E-state index in [1.165, 1.54) is 5.56 Å². The molecular weight excluding hydrogens is 252 g/mol. The smallest absolute Gasteiger partial charge is 0.204 e. The van der Waals surface area contributed by atoms with Crippen LogP contribution in [0.15, 0.2) is 42.5 Å². The Hall–Kier alpha value is -2.69. The van der Waals surface area contributed by atoms with E-state index >= 15 is 0 Å². The summed E-state index contributed by atoms with van der Waals surface area (Å²) >= 11 is 0. The van der Waals surface area contributed by atoms with Crippen molar-refractivity contribution < 1.29 is 4.74 Å². The molecule has 2 aromatic carbocycles. The van der Waals surface area contributed by atoms with Crippen molar-refractivity contribution in [3.63, 3.8) is 0 Å². The molecule has 1 aliphatic rings. The highest BCUT2D eigenvalue weighted by Crippen LogP contribution is 2.37. The molecule has 98 valence electrons. The number of hydrogen-bond acceptors (Lipinski definition) is 4. The number of H-pyrrole nitrogens is 1. The van der Waals surface area contributed by atoms with Gasteiger partial charge in [0.05, 0.1) is 6.61 Å². The summed E-state index contributed by atoms with van der Waals surface area (Å²) in [5.41, 5.74) is 4.50.